The molecule has 194 valence electrons. The van der Waals surface area contributed by atoms with Gasteiger partial charge in [0, 0.05) is 6.54 Å². The molecular weight excluding hydrogens is 466 g/mol. The predicted molar refractivity (Wildman–Crippen MR) is 156 cm³/mol. The lowest BCUT2D eigenvalue weighted by molar-refractivity contribution is 0.0525. The summed E-state index contributed by atoms with van der Waals surface area (Å²) in [6.07, 6.45) is 0. The number of hydrogen-bond acceptors (Lipinski definition) is 3. The number of carbonyl (C=O) groups excluding carboxylic acids is 1. The van der Waals surface area contributed by atoms with Gasteiger partial charge >= 0.3 is 5.97 Å². The van der Waals surface area contributed by atoms with E-state index in [1.54, 1.807) is 0 Å². The molecule has 0 saturated heterocycles. The Bertz CT molecular complexity index is 1480. The summed E-state index contributed by atoms with van der Waals surface area (Å²) in [5, 5.41) is 3.47. The van der Waals surface area contributed by atoms with Crippen LogP contribution in [0, 0.1) is 27.7 Å². The summed E-state index contributed by atoms with van der Waals surface area (Å²) in [5.74, 6) is -0.272. The molecule has 0 bridgehead atoms. The molecule has 0 spiro atoms. The molecule has 0 atom stereocenters. The summed E-state index contributed by atoms with van der Waals surface area (Å²) in [4.78, 5) is 13.0. The van der Waals surface area contributed by atoms with Gasteiger partial charge in [0.15, 0.2) is 0 Å². The maximum atomic E-state index is 13.0. The molecule has 0 radical (unpaired) electrons. The van der Waals surface area contributed by atoms with Gasteiger partial charge in [0.1, 0.15) is 0 Å². The number of esters is 1. The first kappa shape index (κ1) is 25.9. The van der Waals surface area contributed by atoms with E-state index < -0.39 is 5.41 Å². The molecule has 0 unspecified atom stereocenters. The summed E-state index contributed by atoms with van der Waals surface area (Å²) < 4.78 is 5.47. The highest BCUT2D eigenvalue weighted by Gasteiger charge is 2.46. The highest BCUT2D eigenvalue weighted by molar-refractivity contribution is 5.93. The van der Waals surface area contributed by atoms with Crippen molar-refractivity contribution in [2.24, 2.45) is 0 Å². The van der Waals surface area contributed by atoms with Gasteiger partial charge < -0.3 is 10.1 Å². The Morgan fingerprint density at radius 2 is 1.34 bits per heavy atom. The van der Waals surface area contributed by atoms with E-state index in [9.17, 15) is 4.79 Å². The smallest absolute Gasteiger partial charge is 0.338 e. The largest absolute Gasteiger partial charge is 0.462 e. The number of ether oxygens (including phenoxy) is 1. The van der Waals surface area contributed by atoms with E-state index in [-0.39, 0.29) is 5.97 Å². The van der Waals surface area contributed by atoms with Crippen LogP contribution in [0.1, 0.15) is 74.3 Å². The number of nitrogens with one attached hydrogen (secondary N) is 1. The molecule has 1 N–H and O–H groups in total. The second-order valence-electron chi connectivity index (χ2n) is 10.5. The molecule has 0 aromatic heterocycles. The van der Waals surface area contributed by atoms with Crippen LogP contribution in [-0.4, -0.2) is 19.1 Å². The summed E-state index contributed by atoms with van der Waals surface area (Å²) in [6, 6.07) is 26.8. The van der Waals surface area contributed by atoms with Gasteiger partial charge in [0.05, 0.1) is 17.6 Å². The average molecular weight is 504 g/mol. The molecule has 3 nitrogen and oxygen atoms in total. The van der Waals surface area contributed by atoms with Gasteiger partial charge in [-0.1, -0.05) is 84.8 Å². The van der Waals surface area contributed by atoms with Crippen molar-refractivity contribution in [2.45, 2.75) is 53.5 Å². The monoisotopic (exact) mass is 503 g/mol. The van der Waals surface area contributed by atoms with Crippen molar-refractivity contribution in [3.05, 3.63) is 128 Å². The topological polar surface area (TPSA) is 38.3 Å². The summed E-state index contributed by atoms with van der Waals surface area (Å²) >= 11 is 0. The molecule has 38 heavy (non-hydrogen) atoms. The number of hydrogen-bond donors (Lipinski definition) is 1. The van der Waals surface area contributed by atoms with E-state index in [2.05, 4.69) is 106 Å². The first-order chi connectivity index (χ1) is 18.3. The maximum Gasteiger partial charge on any atom is 0.338 e. The van der Waals surface area contributed by atoms with E-state index in [0.29, 0.717) is 12.2 Å². The highest BCUT2D eigenvalue weighted by atomic mass is 16.5. The van der Waals surface area contributed by atoms with Crippen molar-refractivity contribution in [1.82, 2.24) is 5.32 Å². The Morgan fingerprint density at radius 3 is 1.92 bits per heavy atom. The van der Waals surface area contributed by atoms with E-state index in [4.69, 9.17) is 4.74 Å². The first-order valence-corrected chi connectivity index (χ1v) is 13.6. The van der Waals surface area contributed by atoms with E-state index >= 15 is 0 Å². The minimum atomic E-state index is -0.556. The quantitative estimate of drug-likeness (QED) is 0.233. The molecule has 4 aromatic carbocycles. The Balaban J connectivity index is 1.88. The normalized spacial score (nSPS) is 13.2. The van der Waals surface area contributed by atoms with Gasteiger partial charge in [-0.15, -0.1) is 0 Å². The molecule has 0 saturated carbocycles. The van der Waals surface area contributed by atoms with Crippen LogP contribution in [0.3, 0.4) is 0 Å². The third-order valence-corrected chi connectivity index (χ3v) is 7.96. The van der Waals surface area contributed by atoms with Crippen LogP contribution < -0.4 is 5.32 Å². The van der Waals surface area contributed by atoms with Gasteiger partial charge in [-0.25, -0.2) is 4.79 Å². The van der Waals surface area contributed by atoms with Crippen LogP contribution in [0.2, 0.25) is 0 Å². The van der Waals surface area contributed by atoms with E-state index in [0.717, 1.165) is 24.2 Å². The summed E-state index contributed by atoms with van der Waals surface area (Å²) in [7, 11) is 0. The van der Waals surface area contributed by atoms with Crippen LogP contribution in [0.25, 0.3) is 11.1 Å². The highest BCUT2D eigenvalue weighted by Crippen LogP contribution is 2.56. The van der Waals surface area contributed by atoms with Gasteiger partial charge in [0.2, 0.25) is 0 Å². The van der Waals surface area contributed by atoms with Gasteiger partial charge in [0.25, 0.3) is 0 Å². The van der Waals surface area contributed by atoms with E-state index in [1.807, 2.05) is 13.8 Å². The van der Waals surface area contributed by atoms with Crippen molar-refractivity contribution in [1.29, 1.82) is 0 Å². The molecule has 3 heteroatoms. The van der Waals surface area contributed by atoms with Crippen LogP contribution in [0.5, 0.6) is 0 Å². The van der Waals surface area contributed by atoms with Crippen molar-refractivity contribution in [3.8, 4) is 11.1 Å². The Morgan fingerprint density at radius 1 is 0.737 bits per heavy atom. The fourth-order valence-corrected chi connectivity index (χ4v) is 6.01. The fraction of sp³-hybridized carbons (Fsp3) is 0.286. The van der Waals surface area contributed by atoms with Crippen molar-refractivity contribution in [3.63, 3.8) is 0 Å². The summed E-state index contributed by atoms with van der Waals surface area (Å²) in [5.41, 5.74) is 13.3. The number of aryl methyl sites for hydroxylation is 4. The SMILES string of the molecule is CCNCc1ccc(C2(c3ccc(C)c(C(=O)OCC)c3)c3cc(C)ccc3-c3ccc(C)cc32)cc1C. The minimum absolute atomic E-state index is 0.272. The zero-order valence-corrected chi connectivity index (χ0v) is 23.4. The molecule has 1 aliphatic rings. The molecule has 0 amide bonds. The zero-order valence-electron chi connectivity index (χ0n) is 23.4. The van der Waals surface area contributed by atoms with Gasteiger partial charge in [-0.2, -0.15) is 0 Å². The number of rotatable bonds is 7. The third-order valence-electron chi connectivity index (χ3n) is 7.96. The standard InChI is InChI=1S/C35H37NO2/c1-7-36-21-26-12-14-27(19-25(26)6)35(28-13-11-24(5)31(20-28)34(37)38-8-2)32-17-22(3)9-15-29(32)30-16-10-23(4)18-33(30)35/h9-20,36H,7-8,21H2,1-6H3. The predicted octanol–water partition coefficient (Wildman–Crippen LogP) is 7.57. The van der Waals surface area contributed by atoms with Crippen LogP contribution >= 0.6 is 0 Å². The Hall–Kier alpha value is -3.69. The van der Waals surface area contributed by atoms with Crippen LogP contribution in [-0.2, 0) is 16.7 Å². The lowest BCUT2D eigenvalue weighted by atomic mass is 9.66. The number of benzene rings is 4. The lowest BCUT2D eigenvalue weighted by Gasteiger charge is -2.35. The molecule has 4 aromatic rings. The Labute approximate surface area is 226 Å². The number of fused-ring (bicyclic) bond motifs is 3. The zero-order chi connectivity index (χ0) is 27.0. The van der Waals surface area contributed by atoms with Crippen LogP contribution in [0.15, 0.2) is 72.8 Å². The van der Waals surface area contributed by atoms with Crippen molar-refractivity contribution >= 4 is 5.97 Å². The molecule has 1 aliphatic carbocycles. The average Bonchev–Trinajstić information content (AvgIpc) is 3.17. The minimum Gasteiger partial charge on any atom is -0.462 e. The molecular formula is C35H37NO2. The Kier molecular flexibility index (Phi) is 6.98. The van der Waals surface area contributed by atoms with Crippen molar-refractivity contribution in [2.75, 3.05) is 13.2 Å². The number of carbonyl (C=O) groups is 1. The lowest BCUT2D eigenvalue weighted by Crippen LogP contribution is -2.29. The second kappa shape index (κ2) is 10.2. The molecule has 5 rings (SSSR count). The second-order valence-corrected chi connectivity index (χ2v) is 10.5. The first-order valence-electron chi connectivity index (χ1n) is 13.6. The van der Waals surface area contributed by atoms with Gasteiger partial charge in [-0.3, -0.25) is 0 Å². The van der Waals surface area contributed by atoms with Gasteiger partial charge in [-0.05, 0) is 97.3 Å². The molecule has 0 aliphatic heterocycles. The van der Waals surface area contributed by atoms with Crippen LogP contribution in [0.4, 0.5) is 0 Å². The third kappa shape index (κ3) is 4.16. The molecule has 0 fully saturated rings. The van der Waals surface area contributed by atoms with Crippen molar-refractivity contribution < 1.29 is 9.53 Å². The maximum absolute atomic E-state index is 13.0. The summed E-state index contributed by atoms with van der Waals surface area (Å²) in [6.45, 7) is 14.6. The fourth-order valence-electron chi connectivity index (χ4n) is 6.01. The van der Waals surface area contributed by atoms with E-state index in [1.165, 1.54) is 50.1 Å². The molecule has 0 heterocycles.